The highest BCUT2D eigenvalue weighted by molar-refractivity contribution is 7.90. The lowest BCUT2D eigenvalue weighted by atomic mass is 9.59. The first-order chi connectivity index (χ1) is 30.4. The van der Waals surface area contributed by atoms with Crippen LogP contribution in [-0.2, 0) is 16.4 Å². The number of hydrogen-bond acceptors (Lipinski definition) is 9. The first kappa shape index (κ1) is 43.0. The number of fused-ring (bicyclic) bond motifs is 1. The number of nitrogens with zero attached hydrogens (tertiary/aromatic N) is 4. The lowest BCUT2D eigenvalue weighted by Gasteiger charge is -2.47. The number of nitrogens with one attached hydrogen (secondary N) is 2. The van der Waals surface area contributed by atoms with Crippen molar-refractivity contribution in [1.29, 1.82) is 0 Å². The number of carbonyl (C=O) groups excluding carboxylic acids is 1. The van der Waals surface area contributed by atoms with Crippen LogP contribution in [0, 0.1) is 27.3 Å². The van der Waals surface area contributed by atoms with Crippen LogP contribution in [0.5, 0.6) is 11.5 Å². The molecule has 1 aliphatic heterocycles. The number of allylic oxidation sites excluding steroid dienone is 1. The second kappa shape index (κ2) is 18.1. The van der Waals surface area contributed by atoms with Gasteiger partial charge in [0.1, 0.15) is 28.5 Å². The Morgan fingerprint density at radius 1 is 0.984 bits per heavy atom. The monoisotopic (exact) mass is 894 g/mol. The van der Waals surface area contributed by atoms with Crippen molar-refractivity contribution < 1.29 is 27.3 Å². The Morgan fingerprint density at radius 2 is 1.76 bits per heavy atom. The lowest BCUT2D eigenvalue weighted by Crippen LogP contribution is -2.47. The molecule has 3 aliphatic carbocycles. The van der Waals surface area contributed by atoms with Crippen LogP contribution in [0.1, 0.15) is 98.5 Å². The smallest absolute Gasteiger partial charge is 0.273 e. The molecule has 15 heteroatoms. The summed E-state index contributed by atoms with van der Waals surface area (Å²) < 4.78 is 52.0. The molecule has 2 N–H and O–H groups in total. The molecule has 0 atom stereocenters. The largest absolute Gasteiger partial charge is 0.455 e. The van der Waals surface area contributed by atoms with Crippen molar-refractivity contribution in [3.8, 4) is 11.5 Å². The minimum Gasteiger partial charge on any atom is -0.455 e. The van der Waals surface area contributed by atoms with Crippen molar-refractivity contribution in [1.82, 2.24) is 19.6 Å². The molecule has 1 amide bonds. The maximum absolute atomic E-state index is 16.5. The Kier molecular flexibility index (Phi) is 12.3. The zero-order valence-electron chi connectivity index (χ0n) is 35.2. The summed E-state index contributed by atoms with van der Waals surface area (Å²) in [5, 5.41) is 13.6. The maximum Gasteiger partial charge on any atom is 0.273 e. The number of anilines is 1. The van der Waals surface area contributed by atoms with E-state index in [1.807, 2.05) is 21.8 Å². The number of hydrogen-bond donors (Lipinski definition) is 2. The standard InChI is InChI=1S/C48H52ClFN6O6S/c49-37-12-9-33(10-13-37)41-29-48(17-4-18-48)19-15-36(41)31-54-21-23-55(24-22-54)38-26-42(50)45(44(27-38)62-39-25-35-16-20-51-46(35)52-30-39)47(57)53-63(60,61)40-14-11-34(43(28-40)56(58)59)8-7-32-5-2-1-3-6-32/h9-14,16,20,25-28,30,32H,1-8,15,17-19,21-24,29,31H2,(H,51,52)(H,53,57). The average molecular weight is 895 g/mol. The molecule has 1 saturated heterocycles. The van der Waals surface area contributed by atoms with E-state index in [1.54, 1.807) is 24.4 Å². The summed E-state index contributed by atoms with van der Waals surface area (Å²) in [6.45, 7) is 3.46. The Bertz CT molecular complexity index is 2670. The molecule has 0 unspecified atom stereocenters. The summed E-state index contributed by atoms with van der Waals surface area (Å²) in [6, 6.07) is 18.1. The van der Waals surface area contributed by atoms with Gasteiger partial charge in [0.05, 0.1) is 16.0 Å². The fourth-order valence-electron chi connectivity index (χ4n) is 10.1. The van der Waals surface area contributed by atoms with E-state index in [0.717, 1.165) is 75.7 Å². The third-order valence-corrected chi connectivity index (χ3v) is 15.5. The molecular weight excluding hydrogens is 843 g/mol. The second-order valence-corrected chi connectivity index (χ2v) is 20.0. The molecule has 3 heterocycles. The molecule has 12 nitrogen and oxygen atoms in total. The number of halogens is 2. The summed E-state index contributed by atoms with van der Waals surface area (Å²) in [5.41, 5.74) is 5.09. The van der Waals surface area contributed by atoms with Gasteiger partial charge in [-0.3, -0.25) is 19.8 Å². The highest BCUT2D eigenvalue weighted by Gasteiger charge is 2.41. The number of ether oxygens (including phenoxy) is 1. The third kappa shape index (κ3) is 9.49. The first-order valence-electron chi connectivity index (χ1n) is 22.2. The van der Waals surface area contributed by atoms with E-state index in [-0.39, 0.29) is 17.2 Å². The van der Waals surface area contributed by atoms with Gasteiger partial charge < -0.3 is 14.6 Å². The third-order valence-electron chi connectivity index (χ3n) is 13.9. The Morgan fingerprint density at radius 3 is 2.49 bits per heavy atom. The Labute approximate surface area is 372 Å². The van der Waals surface area contributed by atoms with Gasteiger partial charge in [-0.1, -0.05) is 73.9 Å². The number of rotatable bonds is 13. The number of aromatic amines is 1. The second-order valence-electron chi connectivity index (χ2n) is 17.9. The SMILES string of the molecule is O=C(NS(=O)(=O)c1ccc(CCC2CCCCC2)c([N+](=O)[O-])c1)c1c(F)cc(N2CCN(CC3=C(c4ccc(Cl)cc4)CC4(CCC4)CC3)CC2)cc1Oc1cnc2[nH]ccc2c1. The number of carbonyl (C=O) groups is 1. The predicted molar refractivity (Wildman–Crippen MR) is 242 cm³/mol. The summed E-state index contributed by atoms with van der Waals surface area (Å²) in [7, 11) is -4.69. The molecule has 9 rings (SSSR count). The van der Waals surface area contributed by atoms with Crippen LogP contribution in [0.15, 0.2) is 89.6 Å². The predicted octanol–water partition coefficient (Wildman–Crippen LogP) is 10.6. The van der Waals surface area contributed by atoms with Gasteiger partial charge in [-0.15, -0.1) is 0 Å². The summed E-state index contributed by atoms with van der Waals surface area (Å²) >= 11 is 6.27. The van der Waals surface area contributed by atoms with E-state index in [4.69, 9.17) is 16.3 Å². The lowest BCUT2D eigenvalue weighted by molar-refractivity contribution is -0.385. The number of aromatic nitrogens is 2. The molecule has 0 bridgehead atoms. The molecular formula is C48H52ClFN6O6S. The van der Waals surface area contributed by atoms with Crippen LogP contribution in [-0.4, -0.2) is 66.8 Å². The van der Waals surface area contributed by atoms with Crippen molar-refractivity contribution in [2.45, 2.75) is 88.4 Å². The average Bonchev–Trinajstić information content (AvgIpc) is 3.74. The molecule has 0 radical (unpaired) electrons. The van der Waals surface area contributed by atoms with Crippen LogP contribution < -0.4 is 14.4 Å². The van der Waals surface area contributed by atoms with Crippen LogP contribution in [0.4, 0.5) is 15.8 Å². The molecule has 4 aliphatic rings. The number of benzene rings is 3. The van der Waals surface area contributed by atoms with Crippen LogP contribution in [0.25, 0.3) is 16.6 Å². The zero-order valence-corrected chi connectivity index (χ0v) is 36.8. The van der Waals surface area contributed by atoms with Crippen molar-refractivity contribution in [3.63, 3.8) is 0 Å². The Hall–Kier alpha value is -5.31. The van der Waals surface area contributed by atoms with Crippen molar-refractivity contribution in [2.24, 2.45) is 11.3 Å². The normalized spacial score (nSPS) is 18.4. The van der Waals surface area contributed by atoms with Crippen molar-refractivity contribution in [2.75, 3.05) is 37.6 Å². The van der Waals surface area contributed by atoms with Gasteiger partial charge in [0.15, 0.2) is 0 Å². The number of aryl methyl sites for hydroxylation is 1. The molecule has 2 saturated carbocycles. The number of piperazine rings is 1. The van der Waals surface area contributed by atoms with Crippen molar-refractivity contribution in [3.05, 3.63) is 122 Å². The molecule has 1 spiro atoms. The fourth-order valence-corrected chi connectivity index (χ4v) is 11.2. The molecule has 3 aromatic carbocycles. The molecule has 5 aromatic rings. The molecule has 3 fully saturated rings. The van der Waals surface area contributed by atoms with E-state index >= 15 is 4.39 Å². The zero-order chi connectivity index (χ0) is 43.7. The van der Waals surface area contributed by atoms with E-state index < -0.39 is 37.1 Å². The number of H-pyrrole nitrogens is 1. The van der Waals surface area contributed by atoms with Gasteiger partial charge in [0, 0.05) is 72.7 Å². The molecule has 2 aromatic heterocycles. The van der Waals surface area contributed by atoms with Gasteiger partial charge in [0.25, 0.3) is 21.6 Å². The number of amides is 1. The maximum atomic E-state index is 16.5. The van der Waals surface area contributed by atoms with Gasteiger partial charge >= 0.3 is 0 Å². The van der Waals surface area contributed by atoms with E-state index in [1.165, 1.54) is 73.2 Å². The number of nitro benzene ring substituents is 1. The van der Waals surface area contributed by atoms with E-state index in [9.17, 15) is 23.3 Å². The van der Waals surface area contributed by atoms with E-state index in [2.05, 4.69) is 27.0 Å². The molecule has 63 heavy (non-hydrogen) atoms. The quantitative estimate of drug-likeness (QED) is 0.0869. The van der Waals surface area contributed by atoms with Crippen LogP contribution >= 0.6 is 11.6 Å². The van der Waals surface area contributed by atoms with Gasteiger partial charge in [-0.25, -0.2) is 22.5 Å². The minimum absolute atomic E-state index is 0.203. The number of pyridine rings is 1. The highest BCUT2D eigenvalue weighted by Crippen LogP contribution is 2.55. The van der Waals surface area contributed by atoms with Crippen molar-refractivity contribution >= 4 is 55.5 Å². The number of sulfonamides is 1. The molecule has 330 valence electrons. The van der Waals surface area contributed by atoms with Gasteiger partial charge in [0.2, 0.25) is 0 Å². The highest BCUT2D eigenvalue weighted by atomic mass is 35.5. The number of nitro groups is 1. The summed E-state index contributed by atoms with van der Waals surface area (Å²) in [5.74, 6) is -1.78. The minimum atomic E-state index is -4.69. The first-order valence-corrected chi connectivity index (χ1v) is 24.0. The van der Waals surface area contributed by atoms with Gasteiger partial charge in [-0.2, -0.15) is 0 Å². The fraction of sp³-hybridized carbons (Fsp3) is 0.417. The Balaban J connectivity index is 0.945. The van der Waals surface area contributed by atoms with Crippen LogP contribution in [0.3, 0.4) is 0 Å². The summed E-state index contributed by atoms with van der Waals surface area (Å²) in [4.78, 5) is 36.8. The topological polar surface area (TPSA) is 151 Å². The summed E-state index contributed by atoms with van der Waals surface area (Å²) in [6.07, 6.45) is 17.2. The van der Waals surface area contributed by atoms with Crippen LogP contribution in [0.2, 0.25) is 5.02 Å². The van der Waals surface area contributed by atoms with E-state index in [0.29, 0.717) is 53.1 Å². The van der Waals surface area contributed by atoms with Gasteiger partial charge in [-0.05, 0) is 104 Å².